The molecule has 2 atom stereocenters. The van der Waals surface area contributed by atoms with Crippen LogP contribution in [0.25, 0.3) is 0 Å². The van der Waals surface area contributed by atoms with E-state index in [2.05, 4.69) is 0 Å². The monoisotopic (exact) mass is 345 g/mol. The molecule has 2 aromatic carbocycles. The van der Waals surface area contributed by atoms with Crippen LogP contribution in [0.1, 0.15) is 26.9 Å². The third kappa shape index (κ3) is 3.14. The maximum Gasteiger partial charge on any atom is 0.327 e. The first-order valence-electron chi connectivity index (χ1n) is 7.46. The SMILES string of the molecule is Cc1ccc([C@H]2SC[C@@H](C(=O)O)N2C(=O)c2ccc(F)cc2)cc1. The van der Waals surface area contributed by atoms with Gasteiger partial charge in [-0.2, -0.15) is 0 Å². The first-order valence-corrected chi connectivity index (χ1v) is 8.51. The minimum atomic E-state index is -1.03. The number of hydrogen-bond acceptors (Lipinski definition) is 3. The average molecular weight is 345 g/mol. The molecule has 6 heteroatoms. The second kappa shape index (κ2) is 6.65. The molecule has 0 bridgehead atoms. The van der Waals surface area contributed by atoms with Crippen molar-refractivity contribution in [2.45, 2.75) is 18.3 Å². The van der Waals surface area contributed by atoms with Gasteiger partial charge in [0, 0.05) is 11.3 Å². The van der Waals surface area contributed by atoms with Crippen LogP contribution < -0.4 is 0 Å². The highest BCUT2D eigenvalue weighted by Gasteiger charge is 2.42. The highest BCUT2D eigenvalue weighted by molar-refractivity contribution is 7.99. The Kier molecular flexibility index (Phi) is 4.57. The summed E-state index contributed by atoms with van der Waals surface area (Å²) in [5.41, 5.74) is 2.25. The second-order valence-electron chi connectivity index (χ2n) is 5.67. The Morgan fingerprint density at radius 2 is 1.75 bits per heavy atom. The number of carboxylic acids is 1. The summed E-state index contributed by atoms with van der Waals surface area (Å²) in [6, 6.07) is 11.9. The summed E-state index contributed by atoms with van der Waals surface area (Å²) in [7, 11) is 0. The third-order valence-electron chi connectivity index (χ3n) is 3.97. The van der Waals surface area contributed by atoms with Gasteiger partial charge in [0.1, 0.15) is 17.2 Å². The van der Waals surface area contributed by atoms with E-state index in [9.17, 15) is 19.1 Å². The van der Waals surface area contributed by atoms with Crippen LogP contribution in [0.3, 0.4) is 0 Å². The normalized spacial score (nSPS) is 20.2. The number of rotatable bonds is 3. The maximum absolute atomic E-state index is 13.1. The van der Waals surface area contributed by atoms with Crippen molar-refractivity contribution in [3.63, 3.8) is 0 Å². The van der Waals surface area contributed by atoms with Gasteiger partial charge in [0.15, 0.2) is 0 Å². The maximum atomic E-state index is 13.1. The number of halogens is 1. The molecule has 1 N–H and O–H groups in total. The number of carbonyl (C=O) groups is 2. The van der Waals surface area contributed by atoms with E-state index in [1.807, 2.05) is 31.2 Å². The molecule has 0 saturated carbocycles. The van der Waals surface area contributed by atoms with Crippen molar-refractivity contribution < 1.29 is 19.1 Å². The lowest BCUT2D eigenvalue weighted by Gasteiger charge is -2.27. The molecule has 0 radical (unpaired) electrons. The minimum absolute atomic E-state index is 0.280. The zero-order chi connectivity index (χ0) is 17.3. The number of carboxylic acid groups (broad SMARTS) is 1. The lowest BCUT2D eigenvalue weighted by atomic mass is 10.1. The summed E-state index contributed by atoms with van der Waals surface area (Å²) in [6.07, 6.45) is 0. The summed E-state index contributed by atoms with van der Waals surface area (Å²) < 4.78 is 13.1. The van der Waals surface area contributed by atoms with Crippen LogP contribution >= 0.6 is 11.8 Å². The molecule has 124 valence electrons. The van der Waals surface area contributed by atoms with Crippen LogP contribution in [-0.4, -0.2) is 33.7 Å². The van der Waals surface area contributed by atoms with Crippen molar-refractivity contribution >= 4 is 23.6 Å². The summed E-state index contributed by atoms with van der Waals surface area (Å²) in [5, 5.41) is 9.09. The Morgan fingerprint density at radius 3 is 2.33 bits per heavy atom. The van der Waals surface area contributed by atoms with Gasteiger partial charge in [0.05, 0.1) is 0 Å². The van der Waals surface area contributed by atoms with E-state index in [1.54, 1.807) is 0 Å². The van der Waals surface area contributed by atoms with E-state index in [0.29, 0.717) is 5.75 Å². The van der Waals surface area contributed by atoms with E-state index in [-0.39, 0.29) is 10.9 Å². The molecule has 0 spiro atoms. The van der Waals surface area contributed by atoms with Crippen LogP contribution in [-0.2, 0) is 4.79 Å². The van der Waals surface area contributed by atoms with E-state index >= 15 is 0 Å². The van der Waals surface area contributed by atoms with Crippen LogP contribution in [0, 0.1) is 12.7 Å². The largest absolute Gasteiger partial charge is 0.480 e. The predicted molar refractivity (Wildman–Crippen MR) is 90.4 cm³/mol. The molecule has 0 unspecified atom stereocenters. The Labute approximate surface area is 143 Å². The summed E-state index contributed by atoms with van der Waals surface area (Å²) >= 11 is 1.42. The van der Waals surface area contributed by atoms with E-state index in [0.717, 1.165) is 11.1 Å². The lowest BCUT2D eigenvalue weighted by molar-refractivity contribution is -0.141. The topological polar surface area (TPSA) is 57.6 Å². The number of aryl methyl sites for hydroxylation is 1. The average Bonchev–Trinajstić information content (AvgIpc) is 3.01. The molecule has 1 saturated heterocycles. The molecule has 0 aromatic heterocycles. The number of benzene rings is 2. The Hall–Kier alpha value is -2.34. The van der Waals surface area contributed by atoms with Gasteiger partial charge in [-0.25, -0.2) is 9.18 Å². The van der Waals surface area contributed by atoms with Gasteiger partial charge < -0.3 is 10.0 Å². The molecule has 1 aliphatic rings. The zero-order valence-electron chi connectivity index (χ0n) is 13.0. The highest BCUT2D eigenvalue weighted by atomic mass is 32.2. The van der Waals surface area contributed by atoms with Gasteiger partial charge in [-0.1, -0.05) is 29.8 Å². The Morgan fingerprint density at radius 1 is 1.12 bits per heavy atom. The van der Waals surface area contributed by atoms with Gasteiger partial charge in [-0.3, -0.25) is 4.79 Å². The first kappa shape index (κ1) is 16.5. The molecule has 1 heterocycles. The lowest BCUT2D eigenvalue weighted by Crippen LogP contribution is -2.42. The van der Waals surface area contributed by atoms with Crippen molar-refractivity contribution in [2.24, 2.45) is 0 Å². The molecule has 0 aliphatic carbocycles. The quantitative estimate of drug-likeness (QED) is 0.925. The second-order valence-corrected chi connectivity index (χ2v) is 6.78. The number of nitrogens with zero attached hydrogens (tertiary/aromatic N) is 1. The van der Waals surface area contributed by atoms with Crippen molar-refractivity contribution in [1.82, 2.24) is 4.90 Å². The third-order valence-corrected chi connectivity index (χ3v) is 5.30. The first-order chi connectivity index (χ1) is 11.5. The smallest absolute Gasteiger partial charge is 0.327 e. The number of amides is 1. The van der Waals surface area contributed by atoms with Gasteiger partial charge >= 0.3 is 5.97 Å². The number of carbonyl (C=O) groups excluding carboxylic acids is 1. The molecule has 24 heavy (non-hydrogen) atoms. The van der Waals surface area contributed by atoms with Crippen molar-refractivity contribution in [3.05, 3.63) is 71.0 Å². The van der Waals surface area contributed by atoms with Gasteiger partial charge in [0.2, 0.25) is 0 Å². The van der Waals surface area contributed by atoms with E-state index in [1.165, 1.54) is 40.9 Å². The summed E-state index contributed by atoms with van der Waals surface area (Å²) in [6.45, 7) is 1.97. The number of thioether (sulfide) groups is 1. The van der Waals surface area contributed by atoms with Crippen molar-refractivity contribution in [2.75, 3.05) is 5.75 Å². The van der Waals surface area contributed by atoms with Gasteiger partial charge in [0.25, 0.3) is 5.91 Å². The molecule has 1 amide bonds. The summed E-state index contributed by atoms with van der Waals surface area (Å²) in [4.78, 5) is 25.8. The van der Waals surface area contributed by atoms with Crippen molar-refractivity contribution in [3.8, 4) is 0 Å². The molecule has 1 fully saturated rings. The zero-order valence-corrected chi connectivity index (χ0v) is 13.8. The summed E-state index contributed by atoms with van der Waals surface area (Å²) in [5.74, 6) is -1.56. The Bertz CT molecular complexity index is 761. The van der Waals surface area contributed by atoms with Crippen LogP contribution in [0.2, 0.25) is 0 Å². The highest BCUT2D eigenvalue weighted by Crippen LogP contribution is 2.42. The molecular formula is C18H16FNO3S. The molecule has 3 rings (SSSR count). The molecule has 4 nitrogen and oxygen atoms in total. The van der Waals surface area contributed by atoms with Crippen LogP contribution in [0.4, 0.5) is 4.39 Å². The standard InChI is InChI=1S/C18H16FNO3S/c1-11-2-4-13(5-3-11)17-20(15(10-24-17)18(22)23)16(21)12-6-8-14(19)9-7-12/h2-9,15,17H,10H2,1H3,(H,22,23)/t15-,17+/m0/s1. The fourth-order valence-electron chi connectivity index (χ4n) is 2.67. The van der Waals surface area contributed by atoms with Gasteiger partial charge in [-0.05, 0) is 36.8 Å². The van der Waals surface area contributed by atoms with E-state index < -0.39 is 23.7 Å². The molecule has 2 aromatic rings. The van der Waals surface area contributed by atoms with Crippen LogP contribution in [0.5, 0.6) is 0 Å². The Balaban J connectivity index is 1.97. The number of aliphatic carboxylic acids is 1. The number of hydrogen-bond donors (Lipinski definition) is 1. The minimum Gasteiger partial charge on any atom is -0.480 e. The van der Waals surface area contributed by atoms with Crippen molar-refractivity contribution in [1.29, 1.82) is 0 Å². The van der Waals surface area contributed by atoms with E-state index in [4.69, 9.17) is 0 Å². The predicted octanol–water partition coefficient (Wildman–Crippen LogP) is 3.48. The fourth-order valence-corrected chi connectivity index (χ4v) is 4.09. The van der Waals surface area contributed by atoms with Gasteiger partial charge in [-0.15, -0.1) is 11.8 Å². The molecular weight excluding hydrogens is 329 g/mol. The molecule has 1 aliphatic heterocycles. The fraction of sp³-hybridized carbons (Fsp3) is 0.222. The van der Waals surface area contributed by atoms with Crippen LogP contribution in [0.15, 0.2) is 48.5 Å².